The first kappa shape index (κ1) is 16.4. The van der Waals surface area contributed by atoms with Gasteiger partial charge in [0.1, 0.15) is 0 Å². The Kier molecular flexibility index (Phi) is 5.05. The summed E-state index contributed by atoms with van der Waals surface area (Å²) < 4.78 is 0. The molecule has 2 amide bonds. The molecule has 0 bridgehead atoms. The van der Waals surface area contributed by atoms with Crippen LogP contribution in [0.4, 0.5) is 10.6 Å². The van der Waals surface area contributed by atoms with Crippen LogP contribution in [0.2, 0.25) is 0 Å². The zero-order valence-corrected chi connectivity index (χ0v) is 13.7. The van der Waals surface area contributed by atoms with Gasteiger partial charge in [-0.05, 0) is 37.8 Å². The van der Waals surface area contributed by atoms with E-state index in [0.29, 0.717) is 18.9 Å². The molecule has 6 heteroatoms. The van der Waals surface area contributed by atoms with Crippen molar-refractivity contribution in [2.45, 2.75) is 25.9 Å². The van der Waals surface area contributed by atoms with Gasteiger partial charge in [0.15, 0.2) is 5.82 Å². The second kappa shape index (κ2) is 7.40. The van der Waals surface area contributed by atoms with Gasteiger partial charge in [-0.25, -0.2) is 4.79 Å². The molecule has 0 saturated carbocycles. The fourth-order valence-corrected chi connectivity index (χ4v) is 2.94. The van der Waals surface area contributed by atoms with E-state index in [-0.39, 0.29) is 18.1 Å². The van der Waals surface area contributed by atoms with Crippen molar-refractivity contribution >= 4 is 11.8 Å². The largest absolute Gasteiger partial charge is 0.393 e. The molecule has 1 unspecified atom stereocenters. The molecule has 0 spiro atoms. The van der Waals surface area contributed by atoms with E-state index in [4.69, 9.17) is 0 Å². The number of carbonyl (C=O) groups excluding carboxylic acids is 1. The van der Waals surface area contributed by atoms with Crippen molar-refractivity contribution in [1.29, 1.82) is 0 Å². The fourth-order valence-electron chi connectivity index (χ4n) is 2.94. The van der Waals surface area contributed by atoms with E-state index in [9.17, 15) is 9.90 Å². The average molecular weight is 326 g/mol. The predicted octanol–water partition coefficient (Wildman–Crippen LogP) is 2.77. The first-order valence-electron chi connectivity index (χ1n) is 8.26. The summed E-state index contributed by atoms with van der Waals surface area (Å²) in [7, 11) is 0. The highest BCUT2D eigenvalue weighted by atomic mass is 16.3. The van der Waals surface area contributed by atoms with Crippen molar-refractivity contribution in [2.24, 2.45) is 5.92 Å². The minimum atomic E-state index is -0.313. The van der Waals surface area contributed by atoms with Crippen molar-refractivity contribution in [3.63, 3.8) is 0 Å². The predicted molar refractivity (Wildman–Crippen MR) is 92.5 cm³/mol. The van der Waals surface area contributed by atoms with E-state index in [1.54, 1.807) is 11.0 Å². The number of carbonyl (C=O) groups is 1. The van der Waals surface area contributed by atoms with Crippen LogP contribution < -0.4 is 5.32 Å². The number of piperidine rings is 1. The first-order chi connectivity index (χ1) is 11.6. The van der Waals surface area contributed by atoms with Gasteiger partial charge >= 0.3 is 6.03 Å². The number of aliphatic hydroxyl groups excluding tert-OH is 1. The quantitative estimate of drug-likeness (QED) is 0.909. The van der Waals surface area contributed by atoms with Crippen LogP contribution in [0.15, 0.2) is 42.5 Å². The van der Waals surface area contributed by atoms with Crippen molar-refractivity contribution in [2.75, 3.05) is 18.4 Å². The summed E-state index contributed by atoms with van der Waals surface area (Å²) in [5, 5.41) is 20.7. The molecular formula is C18H22N4O2. The molecular weight excluding hydrogens is 304 g/mol. The van der Waals surface area contributed by atoms with Gasteiger partial charge in [0.2, 0.25) is 0 Å². The van der Waals surface area contributed by atoms with Gasteiger partial charge in [-0.3, -0.25) is 5.32 Å². The maximum atomic E-state index is 12.3. The van der Waals surface area contributed by atoms with E-state index in [0.717, 1.165) is 24.1 Å². The Morgan fingerprint density at radius 1 is 1.17 bits per heavy atom. The van der Waals surface area contributed by atoms with Crippen LogP contribution >= 0.6 is 0 Å². The summed E-state index contributed by atoms with van der Waals surface area (Å²) in [4.78, 5) is 14.0. The molecule has 0 radical (unpaired) electrons. The number of aliphatic hydroxyl groups is 1. The second-order valence-electron chi connectivity index (χ2n) is 6.17. The molecule has 1 aliphatic rings. The molecule has 126 valence electrons. The Bertz CT molecular complexity index is 665. The zero-order valence-electron chi connectivity index (χ0n) is 13.7. The van der Waals surface area contributed by atoms with Crippen LogP contribution in [0.5, 0.6) is 0 Å². The van der Waals surface area contributed by atoms with Gasteiger partial charge in [-0.2, -0.15) is 0 Å². The Morgan fingerprint density at radius 2 is 1.88 bits per heavy atom. The molecule has 2 aromatic rings. The maximum absolute atomic E-state index is 12.3. The summed E-state index contributed by atoms with van der Waals surface area (Å²) in [5.74, 6) is 0.719. The number of aromatic nitrogens is 2. The summed E-state index contributed by atoms with van der Waals surface area (Å²) in [6.45, 7) is 3.11. The second-order valence-corrected chi connectivity index (χ2v) is 6.17. The lowest BCUT2D eigenvalue weighted by Gasteiger charge is -2.33. The number of nitrogens with zero attached hydrogens (tertiary/aromatic N) is 3. The molecule has 1 atom stereocenters. The monoisotopic (exact) mass is 326 g/mol. The van der Waals surface area contributed by atoms with E-state index < -0.39 is 0 Å². The van der Waals surface area contributed by atoms with Crippen molar-refractivity contribution in [3.05, 3.63) is 42.5 Å². The first-order valence-corrected chi connectivity index (χ1v) is 8.26. The van der Waals surface area contributed by atoms with Crippen LogP contribution in [-0.2, 0) is 0 Å². The molecule has 1 aromatic heterocycles. The highest BCUT2D eigenvalue weighted by Gasteiger charge is 2.25. The minimum Gasteiger partial charge on any atom is -0.393 e. The highest BCUT2D eigenvalue weighted by molar-refractivity contribution is 5.88. The number of urea groups is 1. The van der Waals surface area contributed by atoms with E-state index in [1.165, 1.54) is 0 Å². The van der Waals surface area contributed by atoms with Crippen molar-refractivity contribution < 1.29 is 9.90 Å². The van der Waals surface area contributed by atoms with Crippen LogP contribution in [0.1, 0.15) is 19.8 Å². The van der Waals surface area contributed by atoms with Gasteiger partial charge in [0.25, 0.3) is 0 Å². The van der Waals surface area contributed by atoms with Crippen LogP contribution in [-0.4, -0.2) is 45.4 Å². The number of anilines is 1. The number of rotatable bonds is 3. The molecule has 0 aliphatic carbocycles. The zero-order chi connectivity index (χ0) is 16.9. The van der Waals surface area contributed by atoms with E-state index in [2.05, 4.69) is 15.5 Å². The highest BCUT2D eigenvalue weighted by Crippen LogP contribution is 2.21. The number of amides is 2. The average Bonchev–Trinajstić information content (AvgIpc) is 2.63. The summed E-state index contributed by atoms with van der Waals surface area (Å²) in [5.41, 5.74) is 1.76. The smallest absolute Gasteiger partial charge is 0.323 e. The number of benzene rings is 1. The Balaban J connectivity index is 1.57. The topological polar surface area (TPSA) is 78.4 Å². The molecule has 24 heavy (non-hydrogen) atoms. The minimum absolute atomic E-state index is 0.166. The Hall–Kier alpha value is -2.47. The number of hydrogen-bond donors (Lipinski definition) is 2. The lowest BCUT2D eigenvalue weighted by Crippen LogP contribution is -2.43. The lowest BCUT2D eigenvalue weighted by molar-refractivity contribution is 0.0820. The molecule has 2 heterocycles. The molecule has 3 rings (SSSR count). The van der Waals surface area contributed by atoms with Crippen molar-refractivity contribution in [3.8, 4) is 11.3 Å². The molecule has 1 fully saturated rings. The number of likely N-dealkylation sites (tertiary alicyclic amines) is 1. The maximum Gasteiger partial charge on any atom is 0.323 e. The molecule has 6 nitrogen and oxygen atoms in total. The van der Waals surface area contributed by atoms with Gasteiger partial charge in [-0.15, -0.1) is 10.2 Å². The van der Waals surface area contributed by atoms with Crippen LogP contribution in [0.3, 0.4) is 0 Å². The third-order valence-electron chi connectivity index (χ3n) is 4.48. The molecule has 1 aromatic carbocycles. The van der Waals surface area contributed by atoms with Gasteiger partial charge in [-0.1, -0.05) is 30.3 Å². The molecule has 1 aliphatic heterocycles. The summed E-state index contributed by atoms with van der Waals surface area (Å²) in [6, 6.07) is 13.2. The fraction of sp³-hybridized carbons (Fsp3) is 0.389. The van der Waals surface area contributed by atoms with Crippen LogP contribution in [0.25, 0.3) is 11.3 Å². The Morgan fingerprint density at radius 3 is 2.46 bits per heavy atom. The van der Waals surface area contributed by atoms with E-state index >= 15 is 0 Å². The van der Waals surface area contributed by atoms with Crippen molar-refractivity contribution in [1.82, 2.24) is 15.1 Å². The van der Waals surface area contributed by atoms with E-state index in [1.807, 2.05) is 43.3 Å². The SMILES string of the molecule is CC(O)C1CCN(C(=O)Nc2ccc(-c3ccccc3)nn2)CC1. The Labute approximate surface area is 141 Å². The summed E-state index contributed by atoms with van der Waals surface area (Å²) in [6.07, 6.45) is 1.33. The molecule has 2 N–H and O–H groups in total. The third-order valence-corrected chi connectivity index (χ3v) is 4.48. The van der Waals surface area contributed by atoms with Crippen LogP contribution in [0, 0.1) is 5.92 Å². The third kappa shape index (κ3) is 3.89. The normalized spacial score (nSPS) is 16.7. The molecule has 1 saturated heterocycles. The lowest BCUT2D eigenvalue weighted by atomic mass is 9.92. The standard InChI is InChI=1S/C18H22N4O2/c1-13(23)14-9-11-22(12-10-14)18(24)19-17-8-7-16(20-21-17)15-5-3-2-4-6-15/h2-8,13-14,23H,9-12H2,1H3,(H,19,21,24). The van der Waals surface area contributed by atoms with Gasteiger partial charge in [0, 0.05) is 18.7 Å². The number of nitrogens with one attached hydrogen (secondary N) is 1. The summed E-state index contributed by atoms with van der Waals surface area (Å²) >= 11 is 0. The van der Waals surface area contributed by atoms with Gasteiger partial charge in [0.05, 0.1) is 11.8 Å². The van der Waals surface area contributed by atoms with Gasteiger partial charge < -0.3 is 10.0 Å². The number of hydrogen-bond acceptors (Lipinski definition) is 4.